The van der Waals surface area contributed by atoms with Crippen molar-refractivity contribution in [2.45, 2.75) is 46.3 Å². The Morgan fingerprint density at radius 1 is 1.09 bits per heavy atom. The molecule has 10 heteroatoms. The molecule has 1 atom stereocenters. The Hall–Kier alpha value is -2.65. The summed E-state index contributed by atoms with van der Waals surface area (Å²) in [5, 5.41) is 3.20. The van der Waals surface area contributed by atoms with Crippen molar-refractivity contribution in [3.8, 4) is 0 Å². The van der Waals surface area contributed by atoms with Crippen molar-refractivity contribution >= 4 is 39.1 Å². The number of rotatable bonds is 9. The van der Waals surface area contributed by atoms with E-state index in [2.05, 4.69) is 5.32 Å². The van der Waals surface area contributed by atoms with Gasteiger partial charge in [-0.15, -0.1) is 0 Å². The zero-order chi connectivity index (χ0) is 24.9. The fourth-order valence-electron chi connectivity index (χ4n) is 3.27. The van der Waals surface area contributed by atoms with Gasteiger partial charge >= 0.3 is 0 Å². The highest BCUT2D eigenvalue weighted by atomic mass is 35.5. The number of sulfonamides is 1. The Kier molecular flexibility index (Phi) is 8.85. The summed E-state index contributed by atoms with van der Waals surface area (Å²) >= 11 is 6.00. The summed E-state index contributed by atoms with van der Waals surface area (Å²) in [6, 6.07) is 9.19. The third-order valence-electron chi connectivity index (χ3n) is 4.97. The van der Waals surface area contributed by atoms with E-state index >= 15 is 0 Å². The summed E-state index contributed by atoms with van der Waals surface area (Å²) in [4.78, 5) is 27.4. The van der Waals surface area contributed by atoms with Gasteiger partial charge in [0.1, 0.15) is 18.4 Å². The number of aryl methyl sites for hydroxylation is 1. The maximum Gasteiger partial charge on any atom is 0.244 e. The van der Waals surface area contributed by atoms with Gasteiger partial charge in [0.2, 0.25) is 21.8 Å². The first-order valence-corrected chi connectivity index (χ1v) is 12.6. The predicted molar refractivity (Wildman–Crippen MR) is 128 cm³/mol. The van der Waals surface area contributed by atoms with E-state index in [1.54, 1.807) is 39.8 Å². The second-order valence-electron chi connectivity index (χ2n) is 8.19. The molecule has 0 saturated carbocycles. The van der Waals surface area contributed by atoms with Crippen LogP contribution in [-0.2, 0) is 26.2 Å². The molecule has 0 aromatic heterocycles. The SMILES string of the molecule is Cc1cc(Cl)ccc1N(CC(=O)N(Cc1ccc(F)cc1)[C@H](C)C(=O)NC(C)C)S(C)(=O)=O. The van der Waals surface area contributed by atoms with Crippen LogP contribution in [0, 0.1) is 12.7 Å². The Morgan fingerprint density at radius 3 is 2.21 bits per heavy atom. The first-order chi connectivity index (χ1) is 15.3. The molecule has 0 saturated heterocycles. The molecule has 180 valence electrons. The number of hydrogen-bond acceptors (Lipinski definition) is 4. The average molecular weight is 498 g/mol. The quantitative estimate of drug-likeness (QED) is 0.574. The smallest absolute Gasteiger partial charge is 0.244 e. The zero-order valence-corrected chi connectivity index (χ0v) is 20.9. The number of halogens is 2. The number of carbonyl (C=O) groups is 2. The molecule has 7 nitrogen and oxygen atoms in total. The number of anilines is 1. The molecule has 0 radical (unpaired) electrons. The normalized spacial score (nSPS) is 12.4. The van der Waals surface area contributed by atoms with Gasteiger partial charge in [-0.2, -0.15) is 0 Å². The van der Waals surface area contributed by atoms with Crippen molar-refractivity contribution in [2.75, 3.05) is 17.1 Å². The second kappa shape index (κ2) is 11.0. The molecule has 2 rings (SSSR count). The van der Waals surface area contributed by atoms with Crippen LogP contribution >= 0.6 is 11.6 Å². The Morgan fingerprint density at radius 2 is 1.70 bits per heavy atom. The molecule has 0 bridgehead atoms. The molecule has 0 aliphatic heterocycles. The van der Waals surface area contributed by atoms with Gasteiger partial charge in [-0.05, 0) is 69.2 Å². The van der Waals surface area contributed by atoms with E-state index in [-0.39, 0.29) is 18.5 Å². The van der Waals surface area contributed by atoms with Crippen LogP contribution in [0.5, 0.6) is 0 Å². The van der Waals surface area contributed by atoms with Gasteiger partial charge in [0.25, 0.3) is 0 Å². The summed E-state index contributed by atoms with van der Waals surface area (Å²) < 4.78 is 39.5. The van der Waals surface area contributed by atoms with Crippen LogP contribution in [-0.4, -0.2) is 50.0 Å². The number of nitrogens with zero attached hydrogens (tertiary/aromatic N) is 2. The monoisotopic (exact) mass is 497 g/mol. The lowest BCUT2D eigenvalue weighted by Gasteiger charge is -2.32. The molecule has 33 heavy (non-hydrogen) atoms. The van der Waals surface area contributed by atoms with Crippen LogP contribution in [0.25, 0.3) is 0 Å². The lowest BCUT2D eigenvalue weighted by Crippen LogP contribution is -2.52. The van der Waals surface area contributed by atoms with Crippen LogP contribution in [0.15, 0.2) is 42.5 Å². The predicted octanol–water partition coefficient (Wildman–Crippen LogP) is 3.50. The van der Waals surface area contributed by atoms with Crippen LogP contribution < -0.4 is 9.62 Å². The molecule has 1 N–H and O–H groups in total. The van der Waals surface area contributed by atoms with Crippen molar-refractivity contribution in [1.29, 1.82) is 0 Å². The first kappa shape index (κ1) is 26.6. The van der Waals surface area contributed by atoms with Gasteiger partial charge < -0.3 is 10.2 Å². The fourth-order valence-corrected chi connectivity index (χ4v) is 4.40. The molecule has 0 aliphatic carbocycles. The number of carbonyl (C=O) groups excluding carboxylic acids is 2. The Bertz CT molecular complexity index is 1110. The second-order valence-corrected chi connectivity index (χ2v) is 10.5. The van der Waals surface area contributed by atoms with Crippen LogP contribution in [0.1, 0.15) is 31.9 Å². The van der Waals surface area contributed by atoms with Crippen molar-refractivity contribution < 1.29 is 22.4 Å². The third kappa shape index (κ3) is 7.43. The zero-order valence-electron chi connectivity index (χ0n) is 19.3. The largest absolute Gasteiger partial charge is 0.352 e. The van der Waals surface area contributed by atoms with Crippen LogP contribution in [0.3, 0.4) is 0 Å². The summed E-state index contributed by atoms with van der Waals surface area (Å²) in [5.74, 6) is -1.39. The van der Waals surface area contributed by atoms with Crippen LogP contribution in [0.2, 0.25) is 5.02 Å². The minimum absolute atomic E-state index is 0.00297. The molecule has 0 heterocycles. The van der Waals surface area contributed by atoms with Gasteiger partial charge in [-0.25, -0.2) is 12.8 Å². The third-order valence-corrected chi connectivity index (χ3v) is 6.33. The van der Waals surface area contributed by atoms with Gasteiger partial charge in [-0.3, -0.25) is 13.9 Å². The van der Waals surface area contributed by atoms with Gasteiger partial charge in [-0.1, -0.05) is 23.7 Å². The van der Waals surface area contributed by atoms with Gasteiger partial charge in [0, 0.05) is 17.6 Å². The highest BCUT2D eigenvalue weighted by Crippen LogP contribution is 2.26. The molecule has 2 aromatic rings. The number of benzene rings is 2. The molecule has 0 aliphatic rings. The van der Waals surface area contributed by atoms with E-state index in [1.807, 2.05) is 0 Å². The van der Waals surface area contributed by atoms with E-state index in [0.717, 1.165) is 10.6 Å². The van der Waals surface area contributed by atoms with E-state index in [1.165, 1.54) is 35.2 Å². The number of amides is 2. The van der Waals surface area contributed by atoms with Crippen LogP contribution in [0.4, 0.5) is 10.1 Å². The van der Waals surface area contributed by atoms with Crippen molar-refractivity contribution in [3.63, 3.8) is 0 Å². The summed E-state index contributed by atoms with van der Waals surface area (Å²) in [6.45, 7) is 6.35. The maximum absolute atomic E-state index is 13.4. The number of nitrogens with one attached hydrogen (secondary N) is 1. The molecule has 0 spiro atoms. The molecular weight excluding hydrogens is 469 g/mol. The lowest BCUT2D eigenvalue weighted by atomic mass is 10.1. The van der Waals surface area contributed by atoms with Crippen molar-refractivity contribution in [1.82, 2.24) is 10.2 Å². The molecular formula is C23H29ClFN3O4S. The summed E-state index contributed by atoms with van der Waals surface area (Å²) in [7, 11) is -3.83. The van der Waals surface area contributed by atoms with E-state index < -0.39 is 34.3 Å². The van der Waals surface area contributed by atoms with E-state index in [9.17, 15) is 22.4 Å². The molecule has 0 unspecified atom stereocenters. The molecule has 2 amide bonds. The average Bonchev–Trinajstić information content (AvgIpc) is 2.70. The Balaban J connectivity index is 2.41. The maximum atomic E-state index is 13.4. The standard InChI is InChI=1S/C23H29ClFN3O4S/c1-15(2)26-23(30)17(4)27(13-18-6-9-20(25)10-7-18)22(29)14-28(33(5,31)32)21-11-8-19(24)12-16(21)3/h6-12,15,17H,13-14H2,1-5H3,(H,26,30)/t17-/m1/s1. The minimum Gasteiger partial charge on any atom is -0.352 e. The van der Waals surface area contributed by atoms with E-state index in [0.29, 0.717) is 21.8 Å². The van der Waals surface area contributed by atoms with E-state index in [4.69, 9.17) is 11.6 Å². The topological polar surface area (TPSA) is 86.8 Å². The minimum atomic E-state index is -3.83. The van der Waals surface area contributed by atoms with Crippen molar-refractivity contribution in [2.24, 2.45) is 0 Å². The molecule has 0 fully saturated rings. The first-order valence-electron chi connectivity index (χ1n) is 10.4. The van der Waals surface area contributed by atoms with Gasteiger partial charge in [0.15, 0.2) is 0 Å². The highest BCUT2D eigenvalue weighted by molar-refractivity contribution is 7.92. The Labute approximate surface area is 199 Å². The lowest BCUT2D eigenvalue weighted by molar-refractivity contribution is -0.139. The number of hydrogen-bond donors (Lipinski definition) is 1. The fraction of sp³-hybridized carbons (Fsp3) is 0.391. The molecule has 2 aromatic carbocycles. The highest BCUT2D eigenvalue weighted by Gasteiger charge is 2.30. The van der Waals surface area contributed by atoms with Gasteiger partial charge in [0.05, 0.1) is 11.9 Å². The van der Waals surface area contributed by atoms with Crippen molar-refractivity contribution in [3.05, 3.63) is 64.4 Å². The summed E-state index contributed by atoms with van der Waals surface area (Å²) in [5.41, 5.74) is 1.50. The summed E-state index contributed by atoms with van der Waals surface area (Å²) in [6.07, 6.45) is 1.01.